The predicted octanol–water partition coefficient (Wildman–Crippen LogP) is 4.16. The van der Waals surface area contributed by atoms with Crippen LogP contribution in [0.4, 0.5) is 5.69 Å². The molecule has 0 amide bonds. The molecule has 2 heterocycles. The normalized spacial score (nSPS) is 15.1. The summed E-state index contributed by atoms with van der Waals surface area (Å²) in [5.74, 6) is 1.43. The van der Waals surface area contributed by atoms with Crippen LogP contribution in [0.2, 0.25) is 0 Å². The lowest BCUT2D eigenvalue weighted by Gasteiger charge is -2.30. The van der Waals surface area contributed by atoms with E-state index in [-0.39, 0.29) is 6.17 Å². The average Bonchev–Trinajstić information content (AvgIpc) is 3.02. The van der Waals surface area contributed by atoms with E-state index in [0.29, 0.717) is 5.75 Å². The first-order valence-electron chi connectivity index (χ1n) is 8.27. The largest absolute Gasteiger partial charge is 0.493 e. The first-order chi connectivity index (χ1) is 12.1. The fourth-order valence-electron chi connectivity index (χ4n) is 3.46. The van der Waals surface area contributed by atoms with Gasteiger partial charge in [-0.2, -0.15) is 5.10 Å². The minimum absolute atomic E-state index is 0.163. The Kier molecular flexibility index (Phi) is 3.64. The molecule has 2 aromatic carbocycles. The van der Waals surface area contributed by atoms with E-state index in [0.717, 1.165) is 28.4 Å². The van der Waals surface area contributed by atoms with Gasteiger partial charge in [-0.3, -0.25) is 0 Å². The van der Waals surface area contributed by atoms with Crippen molar-refractivity contribution in [3.05, 3.63) is 59.3 Å². The van der Waals surface area contributed by atoms with Crippen molar-refractivity contribution < 1.29 is 9.47 Å². The van der Waals surface area contributed by atoms with Gasteiger partial charge < -0.3 is 14.8 Å². The van der Waals surface area contributed by atoms with E-state index >= 15 is 0 Å². The molecule has 5 heteroatoms. The van der Waals surface area contributed by atoms with Gasteiger partial charge in [0.2, 0.25) is 0 Å². The maximum absolute atomic E-state index is 5.64. The number of aromatic nitrogens is 2. The van der Waals surface area contributed by atoms with Crippen LogP contribution in [0.25, 0.3) is 11.3 Å². The maximum Gasteiger partial charge on any atom is 0.167 e. The molecule has 0 fully saturated rings. The summed E-state index contributed by atoms with van der Waals surface area (Å²) in [6.07, 6.45) is -0.163. The molecule has 0 saturated carbocycles. The number of nitrogens with zero attached hydrogens (tertiary/aromatic N) is 2. The van der Waals surface area contributed by atoms with Crippen molar-refractivity contribution in [1.82, 2.24) is 9.78 Å². The molecule has 128 valence electrons. The second-order valence-corrected chi connectivity index (χ2v) is 6.29. The first kappa shape index (κ1) is 15.6. The molecule has 0 saturated heterocycles. The second kappa shape index (κ2) is 5.84. The van der Waals surface area contributed by atoms with Crippen molar-refractivity contribution in [2.45, 2.75) is 20.0 Å². The highest BCUT2D eigenvalue weighted by molar-refractivity contribution is 5.79. The Morgan fingerprint density at radius 2 is 1.88 bits per heavy atom. The lowest BCUT2D eigenvalue weighted by Crippen LogP contribution is -2.26. The quantitative estimate of drug-likeness (QED) is 0.781. The molecule has 0 bridgehead atoms. The number of ether oxygens (including phenoxy) is 2. The number of rotatable bonds is 3. The van der Waals surface area contributed by atoms with Crippen LogP contribution in [0.1, 0.15) is 23.0 Å². The van der Waals surface area contributed by atoms with Crippen LogP contribution in [0, 0.1) is 13.8 Å². The zero-order valence-corrected chi connectivity index (χ0v) is 14.8. The molecule has 4 rings (SSSR count). The summed E-state index contributed by atoms with van der Waals surface area (Å²) >= 11 is 0. The van der Waals surface area contributed by atoms with Gasteiger partial charge in [0.15, 0.2) is 17.7 Å². The van der Waals surface area contributed by atoms with Crippen molar-refractivity contribution in [1.29, 1.82) is 0 Å². The third-order valence-corrected chi connectivity index (χ3v) is 4.57. The lowest BCUT2D eigenvalue weighted by atomic mass is 10.0. The van der Waals surface area contributed by atoms with E-state index in [4.69, 9.17) is 14.6 Å². The minimum Gasteiger partial charge on any atom is -0.493 e. The number of fused-ring (bicyclic) bond motifs is 3. The molecular formula is C20H21N3O2. The number of nitrogens with one attached hydrogen (secondary N) is 1. The lowest BCUT2D eigenvalue weighted by molar-refractivity contribution is 0.347. The minimum atomic E-state index is -0.163. The Bertz CT molecular complexity index is 946. The van der Waals surface area contributed by atoms with Gasteiger partial charge in [-0.05, 0) is 38.1 Å². The predicted molar refractivity (Wildman–Crippen MR) is 98.4 cm³/mol. The van der Waals surface area contributed by atoms with Crippen molar-refractivity contribution in [2.75, 3.05) is 19.5 Å². The van der Waals surface area contributed by atoms with Crippen LogP contribution in [0.5, 0.6) is 11.5 Å². The highest BCUT2D eigenvalue weighted by atomic mass is 16.5. The SMILES string of the molecule is COc1cccc(C2Nc3ccc(C)cc3-c3cc(C)nn32)c1OC. The van der Waals surface area contributed by atoms with Crippen molar-refractivity contribution in [3.8, 4) is 22.8 Å². The van der Waals surface area contributed by atoms with Gasteiger partial charge in [0.05, 0.1) is 25.6 Å². The molecule has 5 nitrogen and oxygen atoms in total. The molecular weight excluding hydrogens is 314 g/mol. The number of hydrogen-bond acceptors (Lipinski definition) is 4. The standard InChI is InChI=1S/C20H21N3O2/c1-12-8-9-16-15(10-12)17-11-13(2)22-23(17)20(21-16)14-6-5-7-18(24-3)19(14)25-4/h5-11,20-21H,1-4H3. The van der Waals surface area contributed by atoms with Crippen molar-refractivity contribution in [3.63, 3.8) is 0 Å². The number of methoxy groups -OCH3 is 2. The van der Waals surface area contributed by atoms with Crippen molar-refractivity contribution in [2.24, 2.45) is 0 Å². The monoisotopic (exact) mass is 335 g/mol. The summed E-state index contributed by atoms with van der Waals surface area (Å²) in [7, 11) is 3.31. The van der Waals surface area contributed by atoms with Crippen LogP contribution in [0.15, 0.2) is 42.5 Å². The zero-order valence-electron chi connectivity index (χ0n) is 14.8. The first-order valence-corrected chi connectivity index (χ1v) is 8.27. The Hall–Kier alpha value is -2.95. The average molecular weight is 335 g/mol. The van der Waals surface area contributed by atoms with E-state index in [1.54, 1.807) is 14.2 Å². The smallest absolute Gasteiger partial charge is 0.167 e. The van der Waals surface area contributed by atoms with Gasteiger partial charge in [-0.1, -0.05) is 23.8 Å². The Balaban J connectivity index is 1.92. The van der Waals surface area contributed by atoms with Gasteiger partial charge in [0.25, 0.3) is 0 Å². The molecule has 1 atom stereocenters. The third-order valence-electron chi connectivity index (χ3n) is 4.57. The molecule has 0 radical (unpaired) electrons. The molecule has 1 N–H and O–H groups in total. The molecule has 0 spiro atoms. The molecule has 1 aliphatic heterocycles. The fraction of sp³-hybridized carbons (Fsp3) is 0.250. The number of para-hydroxylation sites is 1. The second-order valence-electron chi connectivity index (χ2n) is 6.29. The molecule has 25 heavy (non-hydrogen) atoms. The van der Waals surface area contributed by atoms with E-state index in [1.807, 2.05) is 29.8 Å². The molecule has 0 aliphatic carbocycles. The highest BCUT2D eigenvalue weighted by Gasteiger charge is 2.29. The summed E-state index contributed by atoms with van der Waals surface area (Å²) in [4.78, 5) is 0. The molecule has 1 aromatic heterocycles. The Morgan fingerprint density at radius 3 is 2.64 bits per heavy atom. The summed E-state index contributed by atoms with van der Waals surface area (Å²) < 4.78 is 13.1. The van der Waals surface area contributed by atoms with Crippen LogP contribution >= 0.6 is 0 Å². The summed E-state index contributed by atoms with van der Waals surface area (Å²) in [6, 6.07) is 14.5. The van der Waals surface area contributed by atoms with Crippen LogP contribution < -0.4 is 14.8 Å². The van der Waals surface area contributed by atoms with Crippen LogP contribution in [-0.4, -0.2) is 24.0 Å². The van der Waals surface area contributed by atoms with Gasteiger partial charge in [0, 0.05) is 16.8 Å². The number of benzene rings is 2. The van der Waals surface area contributed by atoms with Gasteiger partial charge in [0.1, 0.15) is 0 Å². The van der Waals surface area contributed by atoms with Crippen LogP contribution in [-0.2, 0) is 0 Å². The third kappa shape index (κ3) is 2.43. The maximum atomic E-state index is 5.64. The topological polar surface area (TPSA) is 48.3 Å². The van der Waals surface area contributed by atoms with Gasteiger partial charge in [-0.15, -0.1) is 0 Å². The number of aryl methyl sites for hydroxylation is 2. The summed E-state index contributed by atoms with van der Waals surface area (Å²) in [5.41, 5.74) is 6.55. The van der Waals surface area contributed by atoms with Gasteiger partial charge >= 0.3 is 0 Å². The molecule has 3 aromatic rings. The van der Waals surface area contributed by atoms with E-state index in [1.165, 1.54) is 11.1 Å². The Morgan fingerprint density at radius 1 is 1.04 bits per heavy atom. The number of hydrogen-bond donors (Lipinski definition) is 1. The zero-order chi connectivity index (χ0) is 17.6. The number of anilines is 1. The summed E-state index contributed by atoms with van der Waals surface area (Å²) in [6.45, 7) is 4.12. The summed E-state index contributed by atoms with van der Waals surface area (Å²) in [5, 5.41) is 8.33. The molecule has 1 aliphatic rings. The molecule has 1 unspecified atom stereocenters. The van der Waals surface area contributed by atoms with E-state index in [9.17, 15) is 0 Å². The van der Waals surface area contributed by atoms with E-state index < -0.39 is 0 Å². The van der Waals surface area contributed by atoms with Crippen molar-refractivity contribution >= 4 is 5.69 Å². The van der Waals surface area contributed by atoms with Crippen LogP contribution in [0.3, 0.4) is 0 Å². The fourth-order valence-corrected chi connectivity index (χ4v) is 3.46. The highest BCUT2D eigenvalue weighted by Crippen LogP contribution is 2.43. The van der Waals surface area contributed by atoms with E-state index in [2.05, 4.69) is 36.5 Å². The Labute approximate surface area is 147 Å². The van der Waals surface area contributed by atoms with Gasteiger partial charge in [-0.25, -0.2) is 4.68 Å².